The van der Waals surface area contributed by atoms with Crippen LogP contribution in [0.5, 0.6) is 11.5 Å². The Balaban J connectivity index is 0.000000719. The second-order valence-electron chi connectivity index (χ2n) is 14.2. The van der Waals surface area contributed by atoms with Gasteiger partial charge in [0.2, 0.25) is 0 Å². The van der Waals surface area contributed by atoms with Gasteiger partial charge in [-0.25, -0.2) is 9.59 Å². The van der Waals surface area contributed by atoms with E-state index in [1.54, 1.807) is 0 Å². The number of urea groups is 1. The maximum absolute atomic E-state index is 14.0. The molecule has 0 radical (unpaired) electrons. The van der Waals surface area contributed by atoms with Gasteiger partial charge in [0.25, 0.3) is 0 Å². The molecule has 3 N–H and O–H groups in total. The normalized spacial score (nSPS) is 15.2. The summed E-state index contributed by atoms with van der Waals surface area (Å²) in [6.45, 7) is 8.66. The van der Waals surface area contributed by atoms with E-state index in [0.29, 0.717) is 6.54 Å². The van der Waals surface area contributed by atoms with Gasteiger partial charge >= 0.3 is 18.2 Å². The van der Waals surface area contributed by atoms with Crippen LogP contribution in [0.4, 0.5) is 23.7 Å². The molecule has 2 heterocycles. The lowest BCUT2D eigenvalue weighted by atomic mass is 9.99. The fourth-order valence-corrected chi connectivity index (χ4v) is 7.00. The van der Waals surface area contributed by atoms with Crippen molar-refractivity contribution in [2.24, 2.45) is 0 Å². The second-order valence-corrected chi connectivity index (χ2v) is 14.2. The van der Waals surface area contributed by atoms with Crippen LogP contribution in [0.2, 0.25) is 0 Å². The van der Waals surface area contributed by atoms with Gasteiger partial charge in [-0.15, -0.1) is 0 Å². The zero-order valence-electron chi connectivity index (χ0n) is 31.7. The molecule has 0 spiro atoms. The summed E-state index contributed by atoms with van der Waals surface area (Å²) >= 11 is 0. The summed E-state index contributed by atoms with van der Waals surface area (Å²) in [6.07, 6.45) is -3.22. The number of para-hydroxylation sites is 1. The minimum absolute atomic E-state index is 0.0760. The molecule has 2 amide bonds. The molecule has 0 unspecified atom stereocenters. The molecule has 0 atom stereocenters. The van der Waals surface area contributed by atoms with Crippen LogP contribution in [0.3, 0.4) is 0 Å². The van der Waals surface area contributed by atoms with Gasteiger partial charge in [0, 0.05) is 70.6 Å². The highest BCUT2D eigenvalue weighted by atomic mass is 19.4. The molecular weight excluding hydrogens is 732 g/mol. The van der Waals surface area contributed by atoms with E-state index >= 15 is 0 Å². The minimum Gasteiger partial charge on any atom is -0.475 e. The number of piperazine rings is 1. The van der Waals surface area contributed by atoms with Crippen LogP contribution in [-0.4, -0.2) is 83.3 Å². The Hall–Kier alpha value is -5.69. The van der Waals surface area contributed by atoms with E-state index in [2.05, 4.69) is 99.3 Å². The van der Waals surface area contributed by atoms with Crippen molar-refractivity contribution in [1.82, 2.24) is 20.0 Å². The van der Waals surface area contributed by atoms with Crippen LogP contribution in [0.15, 0.2) is 133 Å². The molecule has 5 aromatic rings. The summed E-state index contributed by atoms with van der Waals surface area (Å²) in [6, 6.07) is 45.7. The van der Waals surface area contributed by atoms with E-state index in [9.17, 15) is 18.0 Å². The Morgan fingerprint density at radius 3 is 1.88 bits per heavy atom. The summed E-state index contributed by atoms with van der Waals surface area (Å²) in [5.41, 5.74) is 6.96. The van der Waals surface area contributed by atoms with Gasteiger partial charge in [0.15, 0.2) is 0 Å². The number of hydrogen-bond donors (Lipinski definition) is 3. The highest BCUT2D eigenvalue weighted by molar-refractivity contribution is 5.89. The highest BCUT2D eigenvalue weighted by Gasteiger charge is 2.38. The molecule has 2 saturated heterocycles. The number of nitrogens with one attached hydrogen (secondary N) is 2. The molecule has 7 rings (SSSR count). The third-order valence-electron chi connectivity index (χ3n) is 10.0. The van der Waals surface area contributed by atoms with Crippen LogP contribution in [0.25, 0.3) is 11.1 Å². The molecule has 2 aliphatic heterocycles. The molecule has 298 valence electrons. The molecule has 2 aliphatic rings. The summed E-state index contributed by atoms with van der Waals surface area (Å²) in [7, 11) is 0. The quantitative estimate of drug-likeness (QED) is 0.123. The van der Waals surface area contributed by atoms with Crippen LogP contribution < -0.4 is 15.4 Å². The number of anilines is 1. The lowest BCUT2D eigenvalue weighted by Gasteiger charge is -2.38. The number of carbonyl (C=O) groups is 2. The SMILES string of the molecule is O=C(Nc1ccc(Oc2ccccc2)cc1)N(Cc1ccc(-c2cccc(CN3CCNCC3)c2)cc1)C1CCN(Cc2ccccc2)CC1.O=C(O)C(F)(F)F. The molecule has 5 aromatic carbocycles. The van der Waals surface area contributed by atoms with Crippen molar-refractivity contribution >= 4 is 17.7 Å². The van der Waals surface area contributed by atoms with Gasteiger partial charge in [0.1, 0.15) is 11.5 Å². The van der Waals surface area contributed by atoms with Crippen molar-refractivity contribution in [2.45, 2.75) is 44.7 Å². The number of amides is 2. The van der Waals surface area contributed by atoms with Crippen molar-refractivity contribution in [2.75, 3.05) is 44.6 Å². The molecule has 9 nitrogen and oxygen atoms in total. The standard InChI is InChI=1S/C43H47N5O2.C2HF3O2/c49-43(45-39-18-20-42(21-19-39)50-41-12-5-2-6-13-41)48(40-22-26-46(27-23-40)31-34-8-3-1-4-9-34)33-35-14-16-37(17-15-35)38-11-7-10-36(30-38)32-47-28-24-44-25-29-47;3-2(4,5)1(6)7/h1-21,30,40,44H,22-29,31-33H2,(H,45,49);(H,6,7). The van der Waals surface area contributed by atoms with E-state index in [4.69, 9.17) is 14.6 Å². The monoisotopic (exact) mass is 779 g/mol. The number of alkyl halides is 3. The summed E-state index contributed by atoms with van der Waals surface area (Å²) in [4.78, 5) is 30.0. The highest BCUT2D eigenvalue weighted by Crippen LogP contribution is 2.27. The molecule has 12 heteroatoms. The Morgan fingerprint density at radius 1 is 0.684 bits per heavy atom. The lowest BCUT2D eigenvalue weighted by molar-refractivity contribution is -0.192. The van der Waals surface area contributed by atoms with Crippen molar-refractivity contribution in [1.29, 1.82) is 0 Å². The maximum atomic E-state index is 14.0. The molecule has 2 fully saturated rings. The van der Waals surface area contributed by atoms with E-state index in [-0.39, 0.29) is 12.1 Å². The van der Waals surface area contributed by atoms with E-state index in [1.165, 1.54) is 22.3 Å². The third-order valence-corrected chi connectivity index (χ3v) is 10.0. The summed E-state index contributed by atoms with van der Waals surface area (Å²) in [5.74, 6) is -1.25. The largest absolute Gasteiger partial charge is 0.490 e. The molecule has 0 saturated carbocycles. The Morgan fingerprint density at radius 2 is 1.25 bits per heavy atom. The van der Waals surface area contributed by atoms with Crippen molar-refractivity contribution in [3.63, 3.8) is 0 Å². The first kappa shape index (κ1) is 41.0. The first-order valence-corrected chi connectivity index (χ1v) is 19.2. The number of halogens is 3. The number of likely N-dealkylation sites (tertiary alicyclic amines) is 1. The minimum atomic E-state index is -5.08. The van der Waals surface area contributed by atoms with Gasteiger partial charge in [-0.2, -0.15) is 13.2 Å². The topological polar surface area (TPSA) is 97.4 Å². The average molecular weight is 780 g/mol. The maximum Gasteiger partial charge on any atom is 0.490 e. The van der Waals surface area contributed by atoms with Crippen LogP contribution in [0, 0.1) is 0 Å². The number of rotatable bonds is 11. The lowest BCUT2D eigenvalue weighted by Crippen LogP contribution is -2.48. The van der Waals surface area contributed by atoms with Gasteiger partial charge < -0.3 is 25.4 Å². The molecule has 57 heavy (non-hydrogen) atoms. The average Bonchev–Trinajstić information content (AvgIpc) is 3.22. The van der Waals surface area contributed by atoms with Gasteiger partial charge in [-0.05, 0) is 83.1 Å². The van der Waals surface area contributed by atoms with Crippen LogP contribution >= 0.6 is 0 Å². The zero-order chi connectivity index (χ0) is 40.0. The molecular formula is C45H48F3N5O4. The summed E-state index contributed by atoms with van der Waals surface area (Å²) in [5, 5.41) is 13.8. The Bertz CT molecular complexity index is 2000. The fourth-order valence-electron chi connectivity index (χ4n) is 7.00. The second kappa shape index (κ2) is 19.9. The Labute approximate surface area is 331 Å². The molecule has 0 aromatic heterocycles. The number of ether oxygens (including phenoxy) is 1. The van der Waals surface area contributed by atoms with Gasteiger partial charge in [0.05, 0.1) is 0 Å². The molecule has 0 bridgehead atoms. The van der Waals surface area contributed by atoms with Gasteiger partial charge in [-0.1, -0.05) is 91.0 Å². The Kier molecular flexibility index (Phi) is 14.3. The number of aliphatic carboxylic acids is 1. The van der Waals surface area contributed by atoms with Crippen LogP contribution in [0.1, 0.15) is 29.5 Å². The number of piperidine rings is 1. The smallest absolute Gasteiger partial charge is 0.475 e. The number of carbonyl (C=O) groups excluding carboxylic acids is 1. The number of carboxylic acid groups (broad SMARTS) is 1. The van der Waals surface area contributed by atoms with Crippen molar-refractivity contribution in [3.05, 3.63) is 150 Å². The first-order chi connectivity index (χ1) is 27.6. The number of nitrogens with zero attached hydrogens (tertiary/aromatic N) is 3. The number of hydrogen-bond acceptors (Lipinski definition) is 6. The number of benzene rings is 5. The number of carboxylic acids is 1. The third kappa shape index (κ3) is 12.7. The predicted molar refractivity (Wildman–Crippen MR) is 216 cm³/mol. The fraction of sp³-hybridized carbons (Fsp3) is 0.289. The van der Waals surface area contributed by atoms with Gasteiger partial charge in [-0.3, -0.25) is 9.80 Å². The van der Waals surface area contributed by atoms with Crippen LogP contribution in [-0.2, 0) is 24.4 Å². The molecule has 0 aliphatic carbocycles. The summed E-state index contributed by atoms with van der Waals surface area (Å²) < 4.78 is 37.7. The predicted octanol–water partition coefficient (Wildman–Crippen LogP) is 8.88. The van der Waals surface area contributed by atoms with Crippen molar-refractivity contribution < 1.29 is 32.6 Å². The zero-order valence-corrected chi connectivity index (χ0v) is 31.7. The van der Waals surface area contributed by atoms with E-state index < -0.39 is 12.1 Å². The van der Waals surface area contributed by atoms with Crippen molar-refractivity contribution in [3.8, 4) is 22.6 Å². The van der Waals surface area contributed by atoms with E-state index in [1.807, 2.05) is 59.5 Å². The first-order valence-electron chi connectivity index (χ1n) is 19.2. The van der Waals surface area contributed by atoms with E-state index in [0.717, 1.165) is 87.9 Å².